The molecule has 0 aromatic heterocycles. The van der Waals surface area contributed by atoms with Gasteiger partial charge >= 0.3 is 0 Å². The van der Waals surface area contributed by atoms with Gasteiger partial charge in [-0.2, -0.15) is 17.4 Å². The predicted octanol–water partition coefficient (Wildman–Crippen LogP) is 0.898. The molecule has 1 aromatic carbocycles. The fraction of sp³-hybridized carbons (Fsp3) is 0.400. The molecule has 1 heterocycles. The normalized spacial score (nSPS) is 26.3. The van der Waals surface area contributed by atoms with Crippen LogP contribution in [0.3, 0.4) is 0 Å². The number of nitrogens with zero attached hydrogens (tertiary/aromatic N) is 1. The van der Waals surface area contributed by atoms with Crippen LogP contribution in [0.1, 0.15) is 18.0 Å². The van der Waals surface area contributed by atoms with Crippen LogP contribution < -0.4 is 4.72 Å². The molecule has 1 aliphatic heterocycles. The van der Waals surface area contributed by atoms with Gasteiger partial charge in [-0.3, -0.25) is 0 Å². The van der Waals surface area contributed by atoms with E-state index in [0.717, 1.165) is 12.0 Å². The first-order valence-electron chi connectivity index (χ1n) is 4.88. The average molecular weight is 226 g/mol. The van der Waals surface area contributed by atoms with E-state index in [9.17, 15) is 8.42 Å². The van der Waals surface area contributed by atoms with Crippen molar-refractivity contribution in [3.8, 4) is 0 Å². The van der Waals surface area contributed by atoms with Crippen LogP contribution in [-0.2, 0) is 10.2 Å². The first-order chi connectivity index (χ1) is 7.09. The van der Waals surface area contributed by atoms with E-state index in [1.807, 2.05) is 30.3 Å². The van der Waals surface area contributed by atoms with Crippen LogP contribution in [0.25, 0.3) is 0 Å². The van der Waals surface area contributed by atoms with Crippen molar-refractivity contribution in [1.82, 2.24) is 9.03 Å². The Kier molecular flexibility index (Phi) is 2.77. The highest BCUT2D eigenvalue weighted by Crippen LogP contribution is 2.22. The molecule has 0 amide bonds. The van der Waals surface area contributed by atoms with Gasteiger partial charge in [0.2, 0.25) is 0 Å². The van der Waals surface area contributed by atoms with Gasteiger partial charge in [-0.15, -0.1) is 0 Å². The third kappa shape index (κ3) is 2.19. The quantitative estimate of drug-likeness (QED) is 0.773. The minimum atomic E-state index is -3.28. The second kappa shape index (κ2) is 3.92. The topological polar surface area (TPSA) is 49.4 Å². The van der Waals surface area contributed by atoms with E-state index in [4.69, 9.17) is 0 Å². The summed E-state index contributed by atoms with van der Waals surface area (Å²) in [6, 6.07) is 9.56. The summed E-state index contributed by atoms with van der Waals surface area (Å²) in [6.45, 7) is 0.564. The number of hydrogen-bond acceptors (Lipinski definition) is 2. The van der Waals surface area contributed by atoms with Crippen molar-refractivity contribution in [3.05, 3.63) is 35.9 Å². The molecule has 0 aliphatic carbocycles. The molecule has 1 saturated heterocycles. The fourth-order valence-corrected chi connectivity index (χ4v) is 2.82. The minimum absolute atomic E-state index is 0.0904. The first kappa shape index (κ1) is 10.6. The van der Waals surface area contributed by atoms with Gasteiger partial charge in [0.15, 0.2) is 0 Å². The molecule has 0 spiro atoms. The average Bonchev–Trinajstić information content (AvgIpc) is 2.23. The molecule has 15 heavy (non-hydrogen) atoms. The Morgan fingerprint density at radius 3 is 2.60 bits per heavy atom. The summed E-state index contributed by atoms with van der Waals surface area (Å²) in [4.78, 5) is 0. The molecule has 1 fully saturated rings. The molecule has 5 heteroatoms. The maximum atomic E-state index is 11.6. The van der Waals surface area contributed by atoms with Gasteiger partial charge in [0, 0.05) is 19.6 Å². The number of nitrogens with one attached hydrogen (secondary N) is 1. The van der Waals surface area contributed by atoms with Crippen LogP contribution in [0.15, 0.2) is 30.3 Å². The highest BCUT2D eigenvalue weighted by Gasteiger charge is 2.28. The summed E-state index contributed by atoms with van der Waals surface area (Å²) in [5, 5.41) is 0. The van der Waals surface area contributed by atoms with Gasteiger partial charge in [-0.1, -0.05) is 30.3 Å². The monoisotopic (exact) mass is 226 g/mol. The molecule has 82 valence electrons. The Labute approximate surface area is 90.1 Å². The summed E-state index contributed by atoms with van der Waals surface area (Å²) in [6.07, 6.45) is 0.805. The van der Waals surface area contributed by atoms with Gasteiger partial charge in [0.1, 0.15) is 0 Å². The van der Waals surface area contributed by atoms with Crippen molar-refractivity contribution >= 4 is 10.2 Å². The molecule has 0 saturated carbocycles. The van der Waals surface area contributed by atoms with Crippen LogP contribution in [0.4, 0.5) is 0 Å². The standard InChI is InChI=1S/C10H14N2O2S/c1-12-8-7-10(11-15(12,13)14)9-5-3-2-4-6-9/h2-6,10-11H,7-8H2,1H3/t10-/m1/s1. The fourth-order valence-electron chi connectivity index (χ4n) is 1.68. The zero-order valence-corrected chi connectivity index (χ0v) is 9.37. The number of rotatable bonds is 1. The van der Waals surface area contributed by atoms with Crippen molar-refractivity contribution in [2.24, 2.45) is 0 Å². The van der Waals surface area contributed by atoms with E-state index < -0.39 is 10.2 Å². The Bertz CT molecular complexity index is 430. The second-order valence-electron chi connectivity index (χ2n) is 3.70. The Balaban J connectivity index is 2.21. The van der Waals surface area contributed by atoms with Crippen molar-refractivity contribution < 1.29 is 8.42 Å². The smallest absolute Gasteiger partial charge is 0.195 e. The summed E-state index contributed by atoms with van der Waals surface area (Å²) < 4.78 is 27.2. The number of hydrogen-bond donors (Lipinski definition) is 1. The molecule has 0 bridgehead atoms. The molecule has 0 unspecified atom stereocenters. The van der Waals surface area contributed by atoms with E-state index in [2.05, 4.69) is 4.72 Å². The largest absolute Gasteiger partial charge is 0.279 e. The molecule has 2 rings (SSSR count). The van der Waals surface area contributed by atoms with Crippen molar-refractivity contribution in [2.45, 2.75) is 12.5 Å². The van der Waals surface area contributed by atoms with E-state index in [1.165, 1.54) is 4.31 Å². The van der Waals surface area contributed by atoms with Crippen LogP contribution >= 0.6 is 0 Å². The lowest BCUT2D eigenvalue weighted by Gasteiger charge is -2.29. The molecule has 1 N–H and O–H groups in total. The highest BCUT2D eigenvalue weighted by atomic mass is 32.2. The van der Waals surface area contributed by atoms with E-state index in [1.54, 1.807) is 7.05 Å². The maximum Gasteiger partial charge on any atom is 0.279 e. The Morgan fingerprint density at radius 2 is 2.00 bits per heavy atom. The lowest BCUT2D eigenvalue weighted by Crippen LogP contribution is -2.46. The number of benzene rings is 1. The lowest BCUT2D eigenvalue weighted by atomic mass is 10.1. The van der Waals surface area contributed by atoms with E-state index >= 15 is 0 Å². The predicted molar refractivity (Wildman–Crippen MR) is 58.5 cm³/mol. The van der Waals surface area contributed by atoms with Crippen LogP contribution in [0.2, 0.25) is 0 Å². The maximum absolute atomic E-state index is 11.6. The molecular weight excluding hydrogens is 212 g/mol. The van der Waals surface area contributed by atoms with E-state index in [0.29, 0.717) is 6.54 Å². The second-order valence-corrected chi connectivity index (χ2v) is 5.51. The van der Waals surface area contributed by atoms with Gasteiger partial charge in [-0.25, -0.2) is 0 Å². The molecule has 1 atom stereocenters. The van der Waals surface area contributed by atoms with Crippen molar-refractivity contribution in [3.63, 3.8) is 0 Å². The molecule has 4 nitrogen and oxygen atoms in total. The minimum Gasteiger partial charge on any atom is -0.195 e. The lowest BCUT2D eigenvalue weighted by molar-refractivity contribution is 0.382. The summed E-state index contributed by atoms with van der Waals surface area (Å²) in [5.74, 6) is 0. The van der Waals surface area contributed by atoms with Gasteiger partial charge < -0.3 is 0 Å². The zero-order chi connectivity index (χ0) is 10.9. The van der Waals surface area contributed by atoms with Crippen LogP contribution in [-0.4, -0.2) is 26.3 Å². The van der Waals surface area contributed by atoms with Crippen LogP contribution in [0, 0.1) is 0 Å². The first-order valence-corrected chi connectivity index (χ1v) is 6.32. The summed E-state index contributed by atoms with van der Waals surface area (Å²) in [5.41, 5.74) is 1.02. The molecule has 0 radical (unpaired) electrons. The van der Waals surface area contributed by atoms with Crippen LogP contribution in [0.5, 0.6) is 0 Å². The third-order valence-corrected chi connectivity index (χ3v) is 4.22. The van der Waals surface area contributed by atoms with E-state index in [-0.39, 0.29) is 6.04 Å². The Hall–Kier alpha value is -0.910. The molecule has 1 aromatic rings. The third-order valence-electron chi connectivity index (χ3n) is 2.64. The zero-order valence-electron chi connectivity index (χ0n) is 8.55. The van der Waals surface area contributed by atoms with Crippen molar-refractivity contribution in [1.29, 1.82) is 0 Å². The molecule has 1 aliphatic rings. The van der Waals surface area contributed by atoms with Gasteiger partial charge in [0.25, 0.3) is 10.2 Å². The molecular formula is C10H14N2O2S. The van der Waals surface area contributed by atoms with Gasteiger partial charge in [-0.05, 0) is 12.0 Å². The highest BCUT2D eigenvalue weighted by molar-refractivity contribution is 7.87. The summed E-state index contributed by atoms with van der Waals surface area (Å²) >= 11 is 0. The SMILES string of the molecule is CN1CC[C@H](c2ccccc2)NS1(=O)=O. The van der Waals surface area contributed by atoms with Gasteiger partial charge in [0.05, 0.1) is 0 Å². The van der Waals surface area contributed by atoms with Crippen molar-refractivity contribution in [2.75, 3.05) is 13.6 Å². The Morgan fingerprint density at radius 1 is 1.33 bits per heavy atom. The summed E-state index contributed by atoms with van der Waals surface area (Å²) in [7, 11) is -1.69.